The molecule has 0 bridgehead atoms. The van der Waals surface area contributed by atoms with Gasteiger partial charge >= 0.3 is 12.4 Å². The van der Waals surface area contributed by atoms with Gasteiger partial charge in [-0.15, -0.1) is 11.6 Å². The van der Waals surface area contributed by atoms with E-state index < -0.39 is 40.4 Å². The molecule has 0 unspecified atom stereocenters. The fourth-order valence-corrected chi connectivity index (χ4v) is 5.22. The summed E-state index contributed by atoms with van der Waals surface area (Å²) in [6, 6.07) is 13.0. The first-order valence-electron chi connectivity index (χ1n) is 12.2. The van der Waals surface area contributed by atoms with Gasteiger partial charge < -0.3 is 4.74 Å². The Labute approximate surface area is 222 Å². The molecule has 0 N–H and O–H groups in total. The highest BCUT2D eigenvalue weighted by molar-refractivity contribution is 6.19. The maximum absolute atomic E-state index is 13.3. The molecule has 1 saturated carbocycles. The summed E-state index contributed by atoms with van der Waals surface area (Å²) in [5, 5.41) is 9.90. The number of nitriles is 1. The van der Waals surface area contributed by atoms with E-state index in [4.69, 9.17) is 16.3 Å². The van der Waals surface area contributed by atoms with Crippen molar-refractivity contribution in [3.05, 3.63) is 70.8 Å². The second-order valence-electron chi connectivity index (χ2n) is 9.99. The number of carbonyl (C=O) groups excluding carboxylic acids is 1. The standard InChI is InChI=1S/C28H28ClF6NO2/c1-19(20-13-22(27(30,31)32)15-23(14-20)28(33,34)35)38-18-26(21-5-3-2-4-6-21)10-8-25(17-36,9-11-26)16-24(37)7-12-29/h2-6,13-15,19H,7-12,16,18H2,1H3/t19-,25?,26?/m1/s1. The van der Waals surface area contributed by atoms with Crippen molar-refractivity contribution in [3.8, 4) is 6.07 Å². The smallest absolute Gasteiger partial charge is 0.373 e. The van der Waals surface area contributed by atoms with Gasteiger partial charge in [-0.05, 0) is 61.9 Å². The summed E-state index contributed by atoms with van der Waals surface area (Å²) in [7, 11) is 0. The number of hydrogen-bond donors (Lipinski definition) is 0. The van der Waals surface area contributed by atoms with Crippen LogP contribution < -0.4 is 0 Å². The van der Waals surface area contributed by atoms with Gasteiger partial charge in [0.2, 0.25) is 0 Å². The number of benzene rings is 2. The van der Waals surface area contributed by atoms with Crippen LogP contribution in [0.15, 0.2) is 48.5 Å². The fourth-order valence-electron chi connectivity index (χ4n) is 5.01. The number of ketones is 1. The molecule has 1 aliphatic rings. The van der Waals surface area contributed by atoms with E-state index in [9.17, 15) is 36.4 Å². The molecule has 206 valence electrons. The fraction of sp³-hybridized carbons (Fsp3) is 0.500. The lowest BCUT2D eigenvalue weighted by atomic mass is 9.60. The minimum atomic E-state index is -4.95. The van der Waals surface area contributed by atoms with Crippen LogP contribution in [0, 0.1) is 16.7 Å². The number of nitrogens with zero attached hydrogens (tertiary/aromatic N) is 1. The van der Waals surface area contributed by atoms with Crippen molar-refractivity contribution < 1.29 is 35.9 Å². The molecule has 3 nitrogen and oxygen atoms in total. The molecule has 0 heterocycles. The van der Waals surface area contributed by atoms with Crippen molar-refractivity contribution in [2.45, 2.75) is 69.3 Å². The summed E-state index contributed by atoms with van der Waals surface area (Å²) in [5.74, 6) is 0.0784. The predicted molar refractivity (Wildman–Crippen MR) is 130 cm³/mol. The molecule has 2 aromatic carbocycles. The summed E-state index contributed by atoms with van der Waals surface area (Å²) >= 11 is 5.67. The molecular weight excluding hydrogens is 532 g/mol. The van der Waals surface area contributed by atoms with E-state index in [1.807, 2.05) is 30.3 Å². The molecule has 1 fully saturated rings. The normalized spacial score (nSPS) is 23.0. The third kappa shape index (κ3) is 7.09. The van der Waals surface area contributed by atoms with Gasteiger partial charge in [0.15, 0.2) is 0 Å². The molecule has 0 aromatic heterocycles. The molecule has 2 aromatic rings. The summed E-state index contributed by atoms with van der Waals surface area (Å²) in [6.07, 6.45) is -9.00. The van der Waals surface area contributed by atoms with E-state index in [1.165, 1.54) is 6.92 Å². The van der Waals surface area contributed by atoms with Crippen molar-refractivity contribution in [1.82, 2.24) is 0 Å². The summed E-state index contributed by atoms with van der Waals surface area (Å²) in [6.45, 7) is 1.44. The maximum atomic E-state index is 13.3. The Bertz CT molecular complexity index is 1120. The number of rotatable bonds is 9. The van der Waals surface area contributed by atoms with Crippen LogP contribution in [0.2, 0.25) is 0 Å². The first-order chi connectivity index (χ1) is 17.7. The van der Waals surface area contributed by atoms with E-state index in [2.05, 4.69) is 6.07 Å². The lowest BCUT2D eigenvalue weighted by Gasteiger charge is -2.44. The quantitative estimate of drug-likeness (QED) is 0.229. The number of ether oxygens (including phenoxy) is 1. The Morgan fingerprint density at radius 1 is 1.00 bits per heavy atom. The molecule has 0 radical (unpaired) electrons. The highest BCUT2D eigenvalue weighted by Gasteiger charge is 2.45. The van der Waals surface area contributed by atoms with Crippen molar-refractivity contribution in [1.29, 1.82) is 5.26 Å². The molecule has 3 rings (SSSR count). The molecule has 1 atom stereocenters. The van der Waals surface area contributed by atoms with E-state index in [-0.39, 0.29) is 42.7 Å². The van der Waals surface area contributed by atoms with E-state index in [0.717, 1.165) is 5.56 Å². The minimum absolute atomic E-state index is 0.0207. The van der Waals surface area contributed by atoms with Crippen LogP contribution in [0.1, 0.15) is 73.8 Å². The predicted octanol–water partition coefficient (Wildman–Crippen LogP) is 8.41. The molecule has 10 heteroatoms. The lowest BCUT2D eigenvalue weighted by Crippen LogP contribution is -2.41. The molecule has 0 spiro atoms. The van der Waals surface area contributed by atoms with Crippen LogP contribution in [0.5, 0.6) is 0 Å². The van der Waals surface area contributed by atoms with Crippen molar-refractivity contribution in [3.63, 3.8) is 0 Å². The Balaban J connectivity index is 1.87. The van der Waals surface area contributed by atoms with Gasteiger partial charge in [-0.1, -0.05) is 30.3 Å². The number of hydrogen-bond acceptors (Lipinski definition) is 3. The maximum Gasteiger partial charge on any atom is 0.416 e. The highest BCUT2D eigenvalue weighted by Crippen LogP contribution is 2.49. The molecular formula is C28H28ClF6NO2. The van der Waals surface area contributed by atoms with Gasteiger partial charge in [0.1, 0.15) is 5.78 Å². The first kappa shape index (κ1) is 30.0. The SMILES string of the molecule is C[C@@H](OCC1(c2ccccc2)CCC(C#N)(CC(=O)CCCl)CC1)c1cc(C(F)(F)F)cc(C(F)(F)F)c1. The van der Waals surface area contributed by atoms with Gasteiger partial charge in [0, 0.05) is 24.1 Å². The average Bonchev–Trinajstić information content (AvgIpc) is 2.87. The van der Waals surface area contributed by atoms with Crippen LogP contribution in [0.3, 0.4) is 0 Å². The largest absolute Gasteiger partial charge is 0.416 e. The van der Waals surface area contributed by atoms with Crippen molar-refractivity contribution >= 4 is 17.4 Å². The zero-order valence-electron chi connectivity index (χ0n) is 20.8. The van der Waals surface area contributed by atoms with Crippen molar-refractivity contribution in [2.75, 3.05) is 12.5 Å². The minimum Gasteiger partial charge on any atom is -0.373 e. The van der Waals surface area contributed by atoms with Gasteiger partial charge in [0.25, 0.3) is 0 Å². The zero-order valence-corrected chi connectivity index (χ0v) is 21.5. The third-order valence-electron chi connectivity index (χ3n) is 7.39. The van der Waals surface area contributed by atoms with Gasteiger partial charge in [-0.25, -0.2) is 0 Å². The van der Waals surface area contributed by atoms with Crippen LogP contribution >= 0.6 is 11.6 Å². The summed E-state index contributed by atoms with van der Waals surface area (Å²) in [4.78, 5) is 12.3. The molecule has 1 aliphatic carbocycles. The van der Waals surface area contributed by atoms with Gasteiger partial charge in [0.05, 0.1) is 35.3 Å². The molecule has 0 saturated heterocycles. The second kappa shape index (κ2) is 11.7. The van der Waals surface area contributed by atoms with Gasteiger partial charge in [-0.2, -0.15) is 31.6 Å². The van der Waals surface area contributed by atoms with Crippen LogP contribution in [-0.2, 0) is 27.3 Å². The van der Waals surface area contributed by atoms with E-state index in [0.29, 0.717) is 37.8 Å². The Kier molecular flexibility index (Phi) is 9.20. The second-order valence-corrected chi connectivity index (χ2v) is 10.4. The average molecular weight is 560 g/mol. The molecule has 38 heavy (non-hydrogen) atoms. The van der Waals surface area contributed by atoms with Crippen molar-refractivity contribution in [2.24, 2.45) is 5.41 Å². The van der Waals surface area contributed by atoms with E-state index >= 15 is 0 Å². The topological polar surface area (TPSA) is 50.1 Å². The molecule has 0 amide bonds. The third-order valence-corrected chi connectivity index (χ3v) is 7.57. The Morgan fingerprint density at radius 2 is 1.55 bits per heavy atom. The Hall–Kier alpha value is -2.57. The number of Topliss-reactive ketones (excluding diaryl/α,β-unsaturated/α-hetero) is 1. The number of carbonyl (C=O) groups is 1. The lowest BCUT2D eigenvalue weighted by molar-refractivity contribution is -0.143. The van der Waals surface area contributed by atoms with Crippen LogP contribution in [-0.4, -0.2) is 18.3 Å². The van der Waals surface area contributed by atoms with Gasteiger partial charge in [-0.3, -0.25) is 4.79 Å². The summed E-state index contributed by atoms with van der Waals surface area (Å²) < 4.78 is 86.0. The monoisotopic (exact) mass is 559 g/mol. The first-order valence-corrected chi connectivity index (χ1v) is 12.7. The van der Waals surface area contributed by atoms with Crippen LogP contribution in [0.4, 0.5) is 26.3 Å². The van der Waals surface area contributed by atoms with Crippen LogP contribution in [0.25, 0.3) is 0 Å². The number of halogens is 7. The Morgan fingerprint density at radius 3 is 2.03 bits per heavy atom. The molecule has 0 aliphatic heterocycles. The summed E-state index contributed by atoms with van der Waals surface area (Å²) in [5.41, 5.74) is -3.60. The number of alkyl halides is 7. The zero-order chi connectivity index (χ0) is 28.2. The highest BCUT2D eigenvalue weighted by atomic mass is 35.5. The van der Waals surface area contributed by atoms with E-state index in [1.54, 1.807) is 0 Å².